The van der Waals surface area contributed by atoms with Gasteiger partial charge in [-0.3, -0.25) is 9.89 Å². The molecule has 0 amide bonds. The van der Waals surface area contributed by atoms with Gasteiger partial charge in [0.25, 0.3) is 0 Å². The van der Waals surface area contributed by atoms with E-state index in [9.17, 15) is 0 Å². The molecule has 2 fully saturated rings. The van der Waals surface area contributed by atoms with Crippen LogP contribution in [0.25, 0.3) is 0 Å². The molecule has 2 saturated heterocycles. The molecule has 166 valence electrons. The summed E-state index contributed by atoms with van der Waals surface area (Å²) in [5.74, 6) is 1.07. The first-order valence-corrected chi connectivity index (χ1v) is 10.7. The van der Waals surface area contributed by atoms with Crippen LogP contribution < -0.4 is 5.32 Å². The number of aliphatic imine (C=N–C) groups is 1. The largest absolute Gasteiger partial charge is 0.385 e. The molecule has 0 spiro atoms. The van der Waals surface area contributed by atoms with Crippen molar-refractivity contribution in [1.29, 1.82) is 0 Å². The molecule has 2 aliphatic rings. The van der Waals surface area contributed by atoms with E-state index < -0.39 is 0 Å². The minimum atomic E-state index is 0. The van der Waals surface area contributed by atoms with Gasteiger partial charge in [-0.15, -0.1) is 24.0 Å². The number of rotatable bonds is 9. The Morgan fingerprint density at radius 1 is 1.11 bits per heavy atom. The Bertz CT molecular complexity index is 425. The second-order valence-electron chi connectivity index (χ2n) is 7.79. The molecule has 7 nitrogen and oxygen atoms in total. The predicted octanol–water partition coefficient (Wildman–Crippen LogP) is 1.72. The van der Waals surface area contributed by atoms with Crippen LogP contribution in [0.15, 0.2) is 4.99 Å². The summed E-state index contributed by atoms with van der Waals surface area (Å²) >= 11 is 0. The van der Waals surface area contributed by atoms with E-state index in [-0.39, 0.29) is 24.0 Å². The second kappa shape index (κ2) is 14.8. The van der Waals surface area contributed by atoms with Gasteiger partial charge in [-0.25, -0.2) is 0 Å². The maximum Gasteiger partial charge on any atom is 0.193 e. The predicted molar refractivity (Wildman–Crippen MR) is 127 cm³/mol. The van der Waals surface area contributed by atoms with Crippen molar-refractivity contribution in [2.24, 2.45) is 4.99 Å². The highest BCUT2D eigenvalue weighted by Gasteiger charge is 2.23. The average molecular weight is 511 g/mol. The minimum Gasteiger partial charge on any atom is -0.385 e. The summed E-state index contributed by atoms with van der Waals surface area (Å²) in [5.41, 5.74) is 0. The molecule has 2 rings (SSSR count). The molecule has 28 heavy (non-hydrogen) atoms. The normalized spacial score (nSPS) is 21.4. The van der Waals surface area contributed by atoms with E-state index in [4.69, 9.17) is 14.5 Å². The molecular weight excluding hydrogens is 469 g/mol. The van der Waals surface area contributed by atoms with E-state index in [0.717, 1.165) is 90.8 Å². The lowest BCUT2D eigenvalue weighted by Gasteiger charge is -2.37. The summed E-state index contributed by atoms with van der Waals surface area (Å²) in [6.07, 6.45) is 3.51. The molecule has 0 aromatic heterocycles. The molecule has 0 aromatic rings. The number of likely N-dealkylation sites (N-methyl/N-ethyl adjacent to an activating group) is 1. The van der Waals surface area contributed by atoms with E-state index in [1.54, 1.807) is 7.11 Å². The topological polar surface area (TPSA) is 52.6 Å². The number of methoxy groups -OCH3 is 1. The highest BCUT2D eigenvalue weighted by molar-refractivity contribution is 14.0. The van der Waals surface area contributed by atoms with Crippen molar-refractivity contribution in [1.82, 2.24) is 20.0 Å². The van der Waals surface area contributed by atoms with Gasteiger partial charge < -0.3 is 24.6 Å². The number of likely N-dealkylation sites (tertiary alicyclic amines) is 1. The number of nitrogens with zero attached hydrogens (tertiary/aromatic N) is 4. The molecule has 2 aliphatic heterocycles. The van der Waals surface area contributed by atoms with Crippen molar-refractivity contribution in [3.8, 4) is 0 Å². The zero-order chi connectivity index (χ0) is 19.5. The monoisotopic (exact) mass is 511 g/mol. The van der Waals surface area contributed by atoms with Crippen molar-refractivity contribution in [2.45, 2.75) is 45.3 Å². The molecule has 0 aromatic carbocycles. The number of hydrogen-bond acceptors (Lipinski definition) is 5. The maximum atomic E-state index is 5.98. The van der Waals surface area contributed by atoms with Crippen LogP contribution in [0.2, 0.25) is 0 Å². The Morgan fingerprint density at radius 2 is 1.79 bits per heavy atom. The zero-order valence-electron chi connectivity index (χ0n) is 18.4. The summed E-state index contributed by atoms with van der Waals surface area (Å²) in [7, 11) is 3.94. The van der Waals surface area contributed by atoms with Crippen LogP contribution in [0.4, 0.5) is 0 Å². The lowest BCUT2D eigenvalue weighted by molar-refractivity contribution is 0.00988. The fourth-order valence-electron chi connectivity index (χ4n) is 3.71. The van der Waals surface area contributed by atoms with E-state index in [1.165, 1.54) is 0 Å². The smallest absolute Gasteiger partial charge is 0.193 e. The van der Waals surface area contributed by atoms with Crippen LogP contribution in [0.1, 0.15) is 33.1 Å². The van der Waals surface area contributed by atoms with Crippen LogP contribution in [0, 0.1) is 0 Å². The zero-order valence-corrected chi connectivity index (χ0v) is 20.7. The first-order valence-electron chi connectivity index (χ1n) is 10.7. The summed E-state index contributed by atoms with van der Waals surface area (Å²) in [4.78, 5) is 12.3. The van der Waals surface area contributed by atoms with Gasteiger partial charge in [0.2, 0.25) is 0 Å². The van der Waals surface area contributed by atoms with Crippen molar-refractivity contribution in [2.75, 3.05) is 79.7 Å². The SMILES string of the molecule is CCNC(=NCC(C)N1CCN(C)CC1)N1CCC(OCCCOC)CC1.I. The highest BCUT2D eigenvalue weighted by Crippen LogP contribution is 2.14. The standard InChI is InChI=1S/C20H41N5O2.HI/c1-5-21-20(22-17-18(2)24-13-11-23(3)12-14-24)25-9-7-19(8-10-25)27-16-6-15-26-4;/h18-19H,5-17H2,1-4H3,(H,21,22);1H. The summed E-state index contributed by atoms with van der Waals surface area (Å²) in [6.45, 7) is 14.4. The van der Waals surface area contributed by atoms with Crippen LogP contribution in [-0.4, -0.2) is 113 Å². The average Bonchev–Trinajstić information content (AvgIpc) is 2.69. The van der Waals surface area contributed by atoms with Crippen molar-refractivity contribution in [3.05, 3.63) is 0 Å². The van der Waals surface area contributed by atoms with Crippen molar-refractivity contribution in [3.63, 3.8) is 0 Å². The Hall–Kier alpha value is -0.160. The lowest BCUT2D eigenvalue weighted by atomic mass is 10.1. The summed E-state index contributed by atoms with van der Waals surface area (Å²) < 4.78 is 11.1. The molecule has 0 radical (unpaired) electrons. The Balaban J connectivity index is 0.00000392. The number of piperidine rings is 1. The fourth-order valence-corrected chi connectivity index (χ4v) is 3.71. The molecule has 1 atom stereocenters. The summed E-state index contributed by atoms with van der Waals surface area (Å²) in [6, 6.07) is 0.494. The van der Waals surface area contributed by atoms with Crippen LogP contribution in [0.5, 0.6) is 0 Å². The molecule has 1 N–H and O–H groups in total. The van der Waals surface area contributed by atoms with Crippen LogP contribution in [-0.2, 0) is 9.47 Å². The van der Waals surface area contributed by atoms with Gasteiger partial charge in [0, 0.05) is 72.2 Å². The van der Waals surface area contributed by atoms with Crippen molar-refractivity contribution < 1.29 is 9.47 Å². The van der Waals surface area contributed by atoms with Gasteiger partial charge in [0.15, 0.2) is 5.96 Å². The third-order valence-corrected chi connectivity index (χ3v) is 5.59. The number of piperazine rings is 1. The quantitative estimate of drug-likeness (QED) is 0.220. The maximum absolute atomic E-state index is 5.98. The van der Waals surface area contributed by atoms with E-state index in [1.807, 2.05) is 0 Å². The van der Waals surface area contributed by atoms with E-state index in [2.05, 4.69) is 40.9 Å². The van der Waals surface area contributed by atoms with Gasteiger partial charge in [0.05, 0.1) is 12.6 Å². The number of ether oxygens (including phenoxy) is 2. The first kappa shape index (κ1) is 25.9. The molecule has 2 heterocycles. The third kappa shape index (κ3) is 9.11. The van der Waals surface area contributed by atoms with Gasteiger partial charge in [0.1, 0.15) is 0 Å². The molecule has 8 heteroatoms. The third-order valence-electron chi connectivity index (χ3n) is 5.59. The first-order chi connectivity index (χ1) is 13.1. The lowest BCUT2D eigenvalue weighted by Crippen LogP contribution is -2.50. The van der Waals surface area contributed by atoms with Crippen LogP contribution in [0.3, 0.4) is 0 Å². The van der Waals surface area contributed by atoms with Gasteiger partial charge in [-0.2, -0.15) is 0 Å². The van der Waals surface area contributed by atoms with Crippen LogP contribution >= 0.6 is 24.0 Å². The van der Waals surface area contributed by atoms with Gasteiger partial charge in [-0.05, 0) is 40.2 Å². The number of hydrogen-bond donors (Lipinski definition) is 1. The molecule has 0 bridgehead atoms. The Morgan fingerprint density at radius 3 is 2.39 bits per heavy atom. The molecule has 0 saturated carbocycles. The van der Waals surface area contributed by atoms with E-state index in [0.29, 0.717) is 12.1 Å². The second-order valence-corrected chi connectivity index (χ2v) is 7.79. The number of halogens is 1. The number of guanidine groups is 1. The minimum absolute atomic E-state index is 0. The van der Waals surface area contributed by atoms with Gasteiger partial charge in [-0.1, -0.05) is 0 Å². The number of nitrogens with one attached hydrogen (secondary N) is 1. The Kier molecular flexibility index (Phi) is 13.6. The summed E-state index contributed by atoms with van der Waals surface area (Å²) in [5, 5.41) is 3.48. The van der Waals surface area contributed by atoms with E-state index >= 15 is 0 Å². The highest BCUT2D eigenvalue weighted by atomic mass is 127. The molecule has 1 unspecified atom stereocenters. The molecule has 0 aliphatic carbocycles. The Labute approximate surface area is 189 Å². The molecular formula is C20H42IN5O2. The van der Waals surface area contributed by atoms with Crippen molar-refractivity contribution >= 4 is 29.9 Å². The van der Waals surface area contributed by atoms with Gasteiger partial charge >= 0.3 is 0 Å². The fraction of sp³-hybridized carbons (Fsp3) is 0.950.